The zero-order valence-corrected chi connectivity index (χ0v) is 3.93. The summed E-state index contributed by atoms with van der Waals surface area (Å²) in [6, 6.07) is 0. The molecule has 1 radical (unpaired) electrons. The lowest BCUT2D eigenvalue weighted by atomic mass is 10.9. The van der Waals surface area contributed by atoms with Crippen LogP contribution in [0.1, 0.15) is 0 Å². The van der Waals surface area contributed by atoms with Gasteiger partial charge in [-0.3, -0.25) is 0 Å². The summed E-state index contributed by atoms with van der Waals surface area (Å²) in [4.78, 5) is -2.94. The first kappa shape index (κ1) is 5.34. The van der Waals surface area contributed by atoms with Gasteiger partial charge in [-0.25, -0.2) is 0 Å². The van der Waals surface area contributed by atoms with Gasteiger partial charge in [0.1, 0.15) is 0 Å². The molecule has 0 amide bonds. The third-order valence-electron chi connectivity index (χ3n) is 0. The molecule has 0 fully saturated rings. The van der Waals surface area contributed by atoms with Crippen LogP contribution in [-0.4, -0.2) is 4.83 Å². The molecule has 0 bridgehead atoms. The Kier molecular flexibility index (Phi) is 1.29. The number of hydrogen-bond acceptors (Lipinski definition) is 0. The summed E-state index contributed by atoms with van der Waals surface area (Å²) in [5, 5.41) is 0. The zero-order valence-electron chi connectivity index (χ0n) is 2.34. The highest BCUT2D eigenvalue weighted by atomic mass is 79.9. The third-order valence-corrected chi connectivity index (χ3v) is 0. The summed E-state index contributed by atoms with van der Waals surface area (Å²) in [5.41, 5.74) is 0. The first-order valence-electron chi connectivity index (χ1n) is 0.921. The normalized spacial score (nSPS) is 12.0. The first-order chi connectivity index (χ1) is 2.00. The average Bonchev–Trinajstić information content (AvgIpc) is 0.722. The van der Waals surface area contributed by atoms with Crippen molar-refractivity contribution in [1.82, 2.24) is 0 Å². The Morgan fingerprint density at radius 1 is 1.60 bits per heavy atom. The molecule has 0 aliphatic rings. The van der Waals surface area contributed by atoms with Crippen LogP contribution in [-0.2, 0) is 0 Å². The molecule has 0 heterocycles. The predicted molar refractivity (Wildman–Crippen MR) is 19.2 cm³/mol. The van der Waals surface area contributed by atoms with E-state index in [2.05, 4.69) is 6.92 Å². The molecule has 0 unspecified atom stereocenters. The van der Waals surface area contributed by atoms with Crippen molar-refractivity contribution < 1.29 is 8.78 Å². The minimum Gasteiger partial charge on any atom is -0.194 e. The topological polar surface area (TPSA) is 0 Å². The lowest BCUT2D eigenvalue weighted by Gasteiger charge is -1.91. The smallest absolute Gasteiger partial charge is 0.194 e. The van der Waals surface area contributed by atoms with E-state index >= 15 is 0 Å². The predicted octanol–water partition coefficient (Wildman–Crippen LogP) is 1.81. The van der Waals surface area contributed by atoms with Gasteiger partial charge in [0.2, 0.25) is 0 Å². The molecule has 3 heteroatoms. The minimum absolute atomic E-state index is 1.93. The fraction of sp³-hybridized carbons (Fsp3) is 0.500. The Morgan fingerprint density at radius 3 is 1.60 bits per heavy atom. The molecule has 0 atom stereocenters. The molecular weight excluding hydrogens is 142 g/mol. The van der Waals surface area contributed by atoms with Crippen molar-refractivity contribution in [1.29, 1.82) is 0 Å². The Labute approximate surface area is 37.3 Å². The molecule has 0 aromatic heterocycles. The fourth-order valence-electron chi connectivity index (χ4n) is 0. The van der Waals surface area contributed by atoms with E-state index in [0.29, 0.717) is 0 Å². The summed E-state index contributed by atoms with van der Waals surface area (Å²) >= 11 is 1.93. The van der Waals surface area contributed by atoms with E-state index in [4.69, 9.17) is 0 Å². The maximum absolute atomic E-state index is 10.8. The molecule has 0 saturated carbocycles. The molecule has 0 saturated heterocycles. The minimum atomic E-state index is -2.94. The molecule has 0 aromatic carbocycles. The van der Waals surface area contributed by atoms with Gasteiger partial charge < -0.3 is 0 Å². The van der Waals surface area contributed by atoms with Crippen molar-refractivity contribution in [2.24, 2.45) is 0 Å². The van der Waals surface area contributed by atoms with E-state index in [1.807, 2.05) is 15.9 Å². The monoisotopic (exact) mass is 143 g/mol. The summed E-state index contributed by atoms with van der Waals surface area (Å²) in [5.74, 6) is 0. The van der Waals surface area contributed by atoms with Crippen LogP contribution >= 0.6 is 15.9 Å². The second-order valence-electron chi connectivity index (χ2n) is 0.615. The summed E-state index contributed by atoms with van der Waals surface area (Å²) in [7, 11) is 0. The van der Waals surface area contributed by atoms with Crippen LogP contribution in [0.25, 0.3) is 0 Å². The Bertz CT molecular complexity index is 23.1. The van der Waals surface area contributed by atoms with Crippen LogP contribution in [0.5, 0.6) is 0 Å². The molecular formula is C2H2BrF2. The van der Waals surface area contributed by atoms with E-state index < -0.39 is 4.83 Å². The van der Waals surface area contributed by atoms with E-state index in [0.717, 1.165) is 0 Å². The molecule has 0 aliphatic carbocycles. The number of alkyl halides is 3. The van der Waals surface area contributed by atoms with Gasteiger partial charge in [-0.15, -0.1) is 0 Å². The van der Waals surface area contributed by atoms with Crippen LogP contribution in [0.2, 0.25) is 0 Å². The molecule has 0 N–H and O–H groups in total. The van der Waals surface area contributed by atoms with E-state index in [9.17, 15) is 8.78 Å². The van der Waals surface area contributed by atoms with Crippen molar-refractivity contribution in [2.75, 3.05) is 0 Å². The van der Waals surface area contributed by atoms with E-state index in [-0.39, 0.29) is 0 Å². The Balaban J connectivity index is 3.02. The van der Waals surface area contributed by atoms with Crippen LogP contribution in [0, 0.1) is 6.92 Å². The third kappa shape index (κ3) is 206. The molecule has 5 heavy (non-hydrogen) atoms. The van der Waals surface area contributed by atoms with Crippen LogP contribution < -0.4 is 0 Å². The van der Waals surface area contributed by atoms with Crippen LogP contribution in [0.3, 0.4) is 0 Å². The highest BCUT2D eigenvalue weighted by Crippen LogP contribution is 2.17. The second kappa shape index (κ2) is 1.20. The number of halogens is 3. The van der Waals surface area contributed by atoms with Gasteiger partial charge in [0.25, 0.3) is 0 Å². The average molecular weight is 144 g/mol. The van der Waals surface area contributed by atoms with Gasteiger partial charge in [0.05, 0.1) is 0 Å². The van der Waals surface area contributed by atoms with Gasteiger partial charge in [-0.05, 0) is 15.9 Å². The highest BCUT2D eigenvalue weighted by molar-refractivity contribution is 9.10. The van der Waals surface area contributed by atoms with Gasteiger partial charge in [0, 0.05) is 6.92 Å². The van der Waals surface area contributed by atoms with Gasteiger partial charge in [-0.1, -0.05) is 0 Å². The van der Waals surface area contributed by atoms with Crippen molar-refractivity contribution in [3.8, 4) is 0 Å². The highest BCUT2D eigenvalue weighted by Gasteiger charge is 2.12. The van der Waals surface area contributed by atoms with E-state index in [1.54, 1.807) is 0 Å². The molecule has 0 spiro atoms. The quantitative estimate of drug-likeness (QED) is 0.454. The van der Waals surface area contributed by atoms with Gasteiger partial charge >= 0.3 is 4.83 Å². The summed E-state index contributed by atoms with van der Waals surface area (Å²) < 4.78 is 21.7. The number of hydrogen-bond donors (Lipinski definition) is 0. The van der Waals surface area contributed by atoms with Crippen molar-refractivity contribution in [3.05, 3.63) is 6.92 Å². The fourth-order valence-corrected chi connectivity index (χ4v) is 0. The van der Waals surface area contributed by atoms with Gasteiger partial charge in [-0.2, -0.15) is 8.78 Å². The first-order valence-corrected chi connectivity index (χ1v) is 1.71. The van der Waals surface area contributed by atoms with Crippen LogP contribution in [0.4, 0.5) is 8.78 Å². The lowest BCUT2D eigenvalue weighted by molar-refractivity contribution is 0.168. The second-order valence-corrected chi connectivity index (χ2v) is 1.78. The van der Waals surface area contributed by atoms with Crippen LogP contribution in [0.15, 0.2) is 0 Å². The summed E-state index contributed by atoms with van der Waals surface area (Å²) in [6.45, 7) is 2.35. The van der Waals surface area contributed by atoms with Crippen molar-refractivity contribution in [3.63, 3.8) is 0 Å². The maximum atomic E-state index is 10.8. The molecule has 0 aromatic rings. The Hall–Kier alpha value is 0.340. The zero-order chi connectivity index (χ0) is 4.50. The SMILES string of the molecule is [CH2]C(F)(F)Br. The van der Waals surface area contributed by atoms with Crippen molar-refractivity contribution >= 4 is 15.9 Å². The number of rotatable bonds is 0. The lowest BCUT2D eigenvalue weighted by Crippen LogP contribution is -1.92. The standard InChI is InChI=1S/C2H2BrF2/c1-2(3,4)5/h1H2. The Morgan fingerprint density at radius 2 is 1.60 bits per heavy atom. The molecule has 0 rings (SSSR count). The van der Waals surface area contributed by atoms with Crippen molar-refractivity contribution in [2.45, 2.75) is 4.83 Å². The van der Waals surface area contributed by atoms with Gasteiger partial charge in [0.15, 0.2) is 0 Å². The summed E-state index contributed by atoms with van der Waals surface area (Å²) in [6.07, 6.45) is 0. The molecule has 0 nitrogen and oxygen atoms in total. The molecule has 0 aliphatic heterocycles. The van der Waals surface area contributed by atoms with E-state index in [1.165, 1.54) is 0 Å². The molecule has 31 valence electrons. The maximum Gasteiger partial charge on any atom is 0.301 e. The largest absolute Gasteiger partial charge is 0.301 e.